The highest BCUT2D eigenvalue weighted by Crippen LogP contribution is 2.27. The number of primary amides is 1. The lowest BCUT2D eigenvalue weighted by molar-refractivity contribution is -0.124. The van der Waals surface area contributed by atoms with E-state index in [1.165, 1.54) is 16.4 Å². The van der Waals surface area contributed by atoms with Crippen LogP contribution in [0.5, 0.6) is 0 Å². The number of sulfonamides is 1. The van der Waals surface area contributed by atoms with Gasteiger partial charge in [0.1, 0.15) is 11.9 Å². The monoisotopic (exact) mass is 481 g/mol. The van der Waals surface area contributed by atoms with Crippen molar-refractivity contribution in [1.82, 2.24) is 9.62 Å². The van der Waals surface area contributed by atoms with Gasteiger partial charge in [0, 0.05) is 18.7 Å². The number of nitrogens with one attached hydrogen (secondary N) is 1. The number of nitrogens with zero attached hydrogens (tertiary/aromatic N) is 1. The van der Waals surface area contributed by atoms with E-state index in [1.54, 1.807) is 24.3 Å². The van der Waals surface area contributed by atoms with Gasteiger partial charge in [0.2, 0.25) is 21.8 Å². The molecule has 9 heteroatoms. The molecule has 2 amide bonds. The van der Waals surface area contributed by atoms with Crippen molar-refractivity contribution in [2.24, 2.45) is 5.73 Å². The number of hydrogen-bond acceptors (Lipinski definition) is 4. The molecule has 0 radical (unpaired) electrons. The topological polar surface area (TPSA) is 110 Å². The summed E-state index contributed by atoms with van der Waals surface area (Å²) in [5.74, 6) is -1.40. The maximum Gasteiger partial charge on any atom is 0.248 e. The first-order valence-corrected chi connectivity index (χ1v) is 12.2. The second-order valence-corrected chi connectivity index (χ2v) is 9.98. The number of rotatable bonds is 7. The van der Waals surface area contributed by atoms with E-state index in [1.807, 2.05) is 24.3 Å². The van der Waals surface area contributed by atoms with E-state index in [0.717, 1.165) is 28.8 Å². The van der Waals surface area contributed by atoms with Gasteiger partial charge in [0.25, 0.3) is 0 Å². The minimum absolute atomic E-state index is 0.0383. The summed E-state index contributed by atoms with van der Waals surface area (Å²) in [5, 5.41) is 2.84. The van der Waals surface area contributed by atoms with Crippen LogP contribution in [-0.2, 0) is 21.4 Å². The van der Waals surface area contributed by atoms with Gasteiger partial charge < -0.3 is 11.1 Å². The van der Waals surface area contributed by atoms with E-state index in [2.05, 4.69) is 5.32 Å². The lowest BCUT2D eigenvalue weighted by atomic mass is 10.0. The number of halogens is 1. The van der Waals surface area contributed by atoms with Gasteiger partial charge in [-0.1, -0.05) is 30.3 Å². The van der Waals surface area contributed by atoms with Crippen LogP contribution in [0.1, 0.15) is 28.8 Å². The number of nitrogens with two attached hydrogens (primary N) is 1. The zero-order valence-corrected chi connectivity index (χ0v) is 19.1. The van der Waals surface area contributed by atoms with Gasteiger partial charge in [-0.2, -0.15) is 4.31 Å². The molecule has 0 bridgehead atoms. The van der Waals surface area contributed by atoms with Gasteiger partial charge >= 0.3 is 0 Å². The number of carbonyl (C=O) groups excluding carboxylic acids is 2. The summed E-state index contributed by atoms with van der Waals surface area (Å²) in [6.45, 7) is 0.460. The number of benzene rings is 3. The fraction of sp³-hybridized carbons (Fsp3) is 0.200. The average molecular weight is 482 g/mol. The molecule has 0 saturated carbocycles. The third-order valence-corrected chi connectivity index (χ3v) is 7.75. The molecule has 4 rings (SSSR count). The molecular formula is C25H24FN3O4S. The van der Waals surface area contributed by atoms with Crippen molar-refractivity contribution in [3.63, 3.8) is 0 Å². The van der Waals surface area contributed by atoms with Gasteiger partial charge in [-0.3, -0.25) is 9.59 Å². The lowest BCUT2D eigenvalue weighted by Gasteiger charge is -2.23. The maximum absolute atomic E-state index is 13.2. The zero-order chi connectivity index (χ0) is 24.3. The highest BCUT2D eigenvalue weighted by atomic mass is 32.2. The normalized spacial score (nSPS) is 16.3. The Kier molecular flexibility index (Phi) is 6.76. The second-order valence-electron chi connectivity index (χ2n) is 8.09. The van der Waals surface area contributed by atoms with Crippen LogP contribution in [0.25, 0.3) is 11.1 Å². The molecule has 1 aliphatic rings. The van der Waals surface area contributed by atoms with Gasteiger partial charge in [-0.15, -0.1) is 0 Å². The molecule has 176 valence electrons. The predicted octanol–water partition coefficient (Wildman–Crippen LogP) is 3.06. The molecule has 0 aliphatic carbocycles. The number of carbonyl (C=O) groups is 2. The van der Waals surface area contributed by atoms with Crippen molar-refractivity contribution < 1.29 is 22.4 Å². The van der Waals surface area contributed by atoms with Crippen LogP contribution in [-0.4, -0.2) is 37.1 Å². The number of amides is 2. The molecule has 1 unspecified atom stereocenters. The van der Waals surface area contributed by atoms with Crippen LogP contribution in [0.3, 0.4) is 0 Å². The first kappa shape index (κ1) is 23.6. The highest BCUT2D eigenvalue weighted by Gasteiger charge is 2.39. The maximum atomic E-state index is 13.2. The van der Waals surface area contributed by atoms with Crippen LogP contribution < -0.4 is 11.1 Å². The molecule has 0 spiro atoms. The van der Waals surface area contributed by atoms with Gasteiger partial charge in [0.05, 0.1) is 4.90 Å². The van der Waals surface area contributed by atoms with Crippen molar-refractivity contribution in [2.45, 2.75) is 30.3 Å². The fourth-order valence-corrected chi connectivity index (χ4v) is 5.68. The van der Waals surface area contributed by atoms with Gasteiger partial charge in [-0.25, -0.2) is 12.8 Å². The molecule has 3 N–H and O–H groups in total. The minimum atomic E-state index is -3.91. The Bertz CT molecular complexity index is 1310. The average Bonchev–Trinajstić information content (AvgIpc) is 3.34. The third kappa shape index (κ3) is 5.00. The van der Waals surface area contributed by atoms with Crippen molar-refractivity contribution in [3.05, 3.63) is 89.7 Å². The SMILES string of the molecule is NC(=O)c1ccc(-c2cccc(CNC(=O)C3CCCN3S(=O)(=O)c3ccc(F)cc3)c2)cc1. The third-order valence-electron chi connectivity index (χ3n) is 5.82. The van der Waals surface area contributed by atoms with E-state index in [-0.39, 0.29) is 23.9 Å². The summed E-state index contributed by atoms with van der Waals surface area (Å²) >= 11 is 0. The summed E-state index contributed by atoms with van der Waals surface area (Å²) in [6, 6.07) is 18.2. The minimum Gasteiger partial charge on any atom is -0.366 e. The smallest absolute Gasteiger partial charge is 0.248 e. The Morgan fingerprint density at radius 1 is 1.00 bits per heavy atom. The number of hydrogen-bond donors (Lipinski definition) is 2. The molecule has 1 atom stereocenters. The van der Waals surface area contributed by atoms with Crippen molar-refractivity contribution in [1.29, 1.82) is 0 Å². The van der Waals surface area contributed by atoms with E-state index in [0.29, 0.717) is 18.4 Å². The quantitative estimate of drug-likeness (QED) is 0.540. The largest absolute Gasteiger partial charge is 0.366 e. The van der Waals surface area contributed by atoms with E-state index < -0.39 is 27.8 Å². The summed E-state index contributed by atoms with van der Waals surface area (Å²) in [6.07, 6.45) is 0.980. The molecule has 3 aromatic carbocycles. The fourth-order valence-electron chi connectivity index (χ4n) is 4.03. The highest BCUT2D eigenvalue weighted by molar-refractivity contribution is 7.89. The van der Waals surface area contributed by atoms with Crippen LogP contribution in [0.15, 0.2) is 77.7 Å². The predicted molar refractivity (Wildman–Crippen MR) is 126 cm³/mol. The van der Waals surface area contributed by atoms with Crippen LogP contribution in [0.4, 0.5) is 4.39 Å². The van der Waals surface area contributed by atoms with E-state index in [4.69, 9.17) is 5.73 Å². The Balaban J connectivity index is 1.44. The molecule has 34 heavy (non-hydrogen) atoms. The molecule has 1 saturated heterocycles. The van der Waals surface area contributed by atoms with Crippen molar-refractivity contribution >= 4 is 21.8 Å². The van der Waals surface area contributed by atoms with Gasteiger partial charge in [0.15, 0.2) is 0 Å². The first-order chi connectivity index (χ1) is 16.3. The van der Waals surface area contributed by atoms with Crippen LogP contribution in [0, 0.1) is 5.82 Å². The molecule has 0 aromatic heterocycles. The summed E-state index contributed by atoms with van der Waals surface area (Å²) < 4.78 is 40.4. The summed E-state index contributed by atoms with van der Waals surface area (Å²) in [4.78, 5) is 24.1. The van der Waals surface area contributed by atoms with Crippen LogP contribution >= 0.6 is 0 Å². The standard InChI is InChI=1S/C25H24FN3O4S/c26-21-10-12-22(13-11-21)34(32,33)29-14-2-5-23(29)25(31)28-16-17-3-1-4-20(15-17)18-6-8-19(9-7-18)24(27)30/h1,3-4,6-13,15,23H,2,5,14,16H2,(H2,27,30)(H,28,31). The summed E-state index contributed by atoms with van der Waals surface area (Å²) in [7, 11) is -3.91. The first-order valence-electron chi connectivity index (χ1n) is 10.8. The molecular weight excluding hydrogens is 457 g/mol. The molecule has 1 aliphatic heterocycles. The summed E-state index contributed by atoms with van der Waals surface area (Å²) in [5.41, 5.74) is 8.35. The molecule has 7 nitrogen and oxygen atoms in total. The van der Waals surface area contributed by atoms with Crippen molar-refractivity contribution in [2.75, 3.05) is 6.54 Å². The van der Waals surface area contributed by atoms with Gasteiger partial charge in [-0.05, 0) is 72.0 Å². The molecule has 3 aromatic rings. The Hall–Kier alpha value is -3.56. The molecule has 1 heterocycles. The second kappa shape index (κ2) is 9.74. The zero-order valence-electron chi connectivity index (χ0n) is 18.3. The molecule has 1 fully saturated rings. The van der Waals surface area contributed by atoms with E-state index in [9.17, 15) is 22.4 Å². The Labute approximate surface area is 197 Å². The van der Waals surface area contributed by atoms with Crippen LogP contribution in [0.2, 0.25) is 0 Å². The van der Waals surface area contributed by atoms with E-state index >= 15 is 0 Å². The lowest BCUT2D eigenvalue weighted by Crippen LogP contribution is -2.45. The Morgan fingerprint density at radius 2 is 1.71 bits per heavy atom. The van der Waals surface area contributed by atoms with Crippen molar-refractivity contribution in [3.8, 4) is 11.1 Å². The Morgan fingerprint density at radius 3 is 2.38 bits per heavy atom.